The van der Waals surface area contributed by atoms with Crippen LogP contribution >= 0.6 is 11.3 Å². The first-order valence-electron chi connectivity index (χ1n) is 8.71. The van der Waals surface area contributed by atoms with Gasteiger partial charge in [-0.05, 0) is 26.2 Å². The maximum Gasteiger partial charge on any atom is 0.220 e. The summed E-state index contributed by atoms with van der Waals surface area (Å²) in [6.45, 7) is 3.39. The first-order valence-corrected chi connectivity index (χ1v) is 9.59. The van der Waals surface area contributed by atoms with E-state index in [1.807, 2.05) is 18.9 Å². The molecule has 0 radical (unpaired) electrons. The van der Waals surface area contributed by atoms with Crippen LogP contribution in [-0.2, 0) is 16.1 Å². The van der Waals surface area contributed by atoms with Gasteiger partial charge in [0.05, 0.1) is 12.2 Å². The summed E-state index contributed by atoms with van der Waals surface area (Å²) in [5.74, 6) is 0.951. The number of nitrogens with zero attached hydrogens (tertiary/aromatic N) is 3. The largest absolute Gasteiger partial charge is 0.375 e. The summed E-state index contributed by atoms with van der Waals surface area (Å²) < 4.78 is 5.30. The van der Waals surface area contributed by atoms with Crippen LogP contribution < -0.4 is 10.6 Å². The number of guanidine groups is 1. The Morgan fingerprint density at radius 1 is 1.56 bits per heavy atom. The van der Waals surface area contributed by atoms with E-state index in [0.29, 0.717) is 19.0 Å². The Bertz CT molecular complexity index is 585. The Morgan fingerprint density at radius 3 is 2.96 bits per heavy atom. The smallest absolute Gasteiger partial charge is 0.220 e. The van der Waals surface area contributed by atoms with Crippen molar-refractivity contribution in [2.45, 2.75) is 51.3 Å². The molecule has 2 N–H and O–H groups in total. The fourth-order valence-electron chi connectivity index (χ4n) is 2.36. The van der Waals surface area contributed by atoms with Gasteiger partial charge < -0.3 is 20.3 Å². The molecular formula is C17H29N5O2S. The molecule has 1 heterocycles. The minimum atomic E-state index is 0.0169. The van der Waals surface area contributed by atoms with Crippen LogP contribution in [0.1, 0.15) is 49.4 Å². The van der Waals surface area contributed by atoms with Gasteiger partial charge in [0.15, 0.2) is 5.96 Å². The number of rotatable bonds is 9. The Balaban J connectivity index is 1.71. The molecule has 0 aliphatic heterocycles. The normalized spacial score (nSPS) is 15.8. The zero-order valence-electron chi connectivity index (χ0n) is 15.5. The van der Waals surface area contributed by atoms with Gasteiger partial charge >= 0.3 is 0 Å². The average molecular weight is 368 g/mol. The molecule has 1 fully saturated rings. The quantitative estimate of drug-likeness (QED) is 0.396. The summed E-state index contributed by atoms with van der Waals surface area (Å²) in [5.41, 5.74) is 0.998. The summed E-state index contributed by atoms with van der Waals surface area (Å²) in [6, 6.07) is 0.434. The van der Waals surface area contributed by atoms with Crippen molar-refractivity contribution < 1.29 is 9.53 Å². The van der Waals surface area contributed by atoms with Gasteiger partial charge in [0.1, 0.15) is 11.1 Å². The molecule has 1 aromatic heterocycles. The zero-order valence-corrected chi connectivity index (χ0v) is 16.4. The molecule has 2 rings (SSSR count). The third-order valence-electron chi connectivity index (χ3n) is 4.05. The Kier molecular flexibility index (Phi) is 7.64. The van der Waals surface area contributed by atoms with E-state index in [1.54, 1.807) is 25.5 Å². The molecule has 140 valence electrons. The third-order valence-corrected chi connectivity index (χ3v) is 5.10. The molecule has 0 aromatic carbocycles. The predicted octanol–water partition coefficient (Wildman–Crippen LogP) is 1.92. The molecule has 1 amide bonds. The van der Waals surface area contributed by atoms with Gasteiger partial charge in [0, 0.05) is 45.6 Å². The lowest BCUT2D eigenvalue weighted by atomic mass is 10.3. The maximum atomic E-state index is 11.7. The van der Waals surface area contributed by atoms with Crippen molar-refractivity contribution >= 4 is 23.2 Å². The van der Waals surface area contributed by atoms with Crippen molar-refractivity contribution in [1.29, 1.82) is 0 Å². The number of nitrogens with one attached hydrogen (secondary N) is 2. The minimum Gasteiger partial charge on any atom is -0.375 e. The fraction of sp³-hybridized carbons (Fsp3) is 0.706. The standard InChI is InChI=1S/C17H29N5O2S/c1-12(24-4)16-21-14(11-25-16)10-22(3)17(18-2)19-9-5-6-15(23)20-13-7-8-13/h11-13H,5-10H2,1-4H3,(H,18,19)(H,20,23). The van der Waals surface area contributed by atoms with E-state index in [9.17, 15) is 4.79 Å². The van der Waals surface area contributed by atoms with Crippen molar-refractivity contribution in [3.8, 4) is 0 Å². The van der Waals surface area contributed by atoms with Gasteiger partial charge in [-0.3, -0.25) is 9.79 Å². The van der Waals surface area contributed by atoms with Crippen molar-refractivity contribution in [3.63, 3.8) is 0 Å². The molecule has 0 spiro atoms. The summed E-state index contributed by atoms with van der Waals surface area (Å²) in [5, 5.41) is 9.34. The zero-order chi connectivity index (χ0) is 18.2. The van der Waals surface area contributed by atoms with Crippen LogP contribution in [0.25, 0.3) is 0 Å². The molecule has 1 atom stereocenters. The van der Waals surface area contributed by atoms with Gasteiger partial charge in [-0.2, -0.15) is 0 Å². The van der Waals surface area contributed by atoms with Crippen molar-refractivity contribution in [3.05, 3.63) is 16.1 Å². The van der Waals surface area contributed by atoms with Gasteiger partial charge in [-0.1, -0.05) is 0 Å². The number of methoxy groups -OCH3 is 1. The number of thiazole rings is 1. The first kappa shape index (κ1) is 19.7. The number of amides is 1. The van der Waals surface area contributed by atoms with E-state index in [2.05, 4.69) is 26.0 Å². The number of carbonyl (C=O) groups is 1. The average Bonchev–Trinajstić information content (AvgIpc) is 3.29. The van der Waals surface area contributed by atoms with Crippen LogP contribution in [0.4, 0.5) is 0 Å². The van der Waals surface area contributed by atoms with Crippen LogP contribution in [0.2, 0.25) is 0 Å². The lowest BCUT2D eigenvalue weighted by Gasteiger charge is -2.21. The van der Waals surface area contributed by atoms with Gasteiger partial charge in [-0.15, -0.1) is 11.3 Å². The first-order chi connectivity index (χ1) is 12.0. The highest BCUT2D eigenvalue weighted by molar-refractivity contribution is 7.09. The predicted molar refractivity (Wildman–Crippen MR) is 101 cm³/mol. The summed E-state index contributed by atoms with van der Waals surface area (Å²) in [4.78, 5) is 22.6. The number of ether oxygens (including phenoxy) is 1. The second-order valence-electron chi connectivity index (χ2n) is 6.33. The molecule has 1 saturated carbocycles. The number of aliphatic imine (C=N–C) groups is 1. The van der Waals surface area contributed by atoms with Crippen LogP contribution in [0.5, 0.6) is 0 Å². The summed E-state index contributed by atoms with van der Waals surface area (Å²) in [6.07, 6.45) is 3.61. The second-order valence-corrected chi connectivity index (χ2v) is 7.22. The number of hydrogen-bond acceptors (Lipinski definition) is 5. The maximum absolute atomic E-state index is 11.7. The third kappa shape index (κ3) is 6.62. The Morgan fingerprint density at radius 2 is 2.32 bits per heavy atom. The van der Waals surface area contributed by atoms with E-state index in [4.69, 9.17) is 4.74 Å². The molecule has 7 nitrogen and oxygen atoms in total. The Hall–Kier alpha value is -1.67. The number of carbonyl (C=O) groups excluding carboxylic acids is 1. The minimum absolute atomic E-state index is 0.0169. The lowest BCUT2D eigenvalue weighted by molar-refractivity contribution is -0.121. The molecule has 1 unspecified atom stereocenters. The molecule has 1 aliphatic carbocycles. The van der Waals surface area contributed by atoms with Crippen molar-refractivity contribution in [2.24, 2.45) is 4.99 Å². The number of hydrogen-bond donors (Lipinski definition) is 2. The van der Waals surface area contributed by atoms with E-state index < -0.39 is 0 Å². The van der Waals surface area contributed by atoms with Crippen molar-refractivity contribution in [2.75, 3.05) is 27.7 Å². The molecule has 1 aromatic rings. The van der Waals surface area contributed by atoms with Crippen LogP contribution in [0, 0.1) is 0 Å². The van der Waals surface area contributed by atoms with Crippen LogP contribution in [-0.4, -0.2) is 55.5 Å². The number of aromatic nitrogens is 1. The van der Waals surface area contributed by atoms with Crippen molar-refractivity contribution in [1.82, 2.24) is 20.5 Å². The molecule has 1 aliphatic rings. The molecule has 0 bridgehead atoms. The topological polar surface area (TPSA) is 78.9 Å². The van der Waals surface area contributed by atoms with E-state index in [-0.39, 0.29) is 12.0 Å². The van der Waals surface area contributed by atoms with E-state index in [0.717, 1.165) is 42.5 Å². The molecular weight excluding hydrogens is 338 g/mol. The van der Waals surface area contributed by atoms with E-state index >= 15 is 0 Å². The molecule has 8 heteroatoms. The van der Waals surface area contributed by atoms with E-state index in [1.165, 1.54) is 0 Å². The Labute approximate surface area is 153 Å². The highest BCUT2D eigenvalue weighted by Gasteiger charge is 2.22. The highest BCUT2D eigenvalue weighted by Crippen LogP contribution is 2.21. The van der Waals surface area contributed by atoms with Crippen LogP contribution in [0.3, 0.4) is 0 Å². The van der Waals surface area contributed by atoms with Gasteiger partial charge in [0.25, 0.3) is 0 Å². The SMILES string of the molecule is CN=C(NCCCC(=O)NC1CC1)N(C)Cc1csc(C(C)OC)n1. The lowest BCUT2D eigenvalue weighted by Crippen LogP contribution is -2.39. The molecule has 25 heavy (non-hydrogen) atoms. The van der Waals surface area contributed by atoms with Crippen LogP contribution in [0.15, 0.2) is 10.4 Å². The van der Waals surface area contributed by atoms with Gasteiger partial charge in [0.2, 0.25) is 5.91 Å². The summed E-state index contributed by atoms with van der Waals surface area (Å²) in [7, 11) is 5.43. The monoisotopic (exact) mass is 367 g/mol. The second kappa shape index (κ2) is 9.72. The fourth-order valence-corrected chi connectivity index (χ4v) is 3.20. The molecule has 0 saturated heterocycles. The van der Waals surface area contributed by atoms with Gasteiger partial charge in [-0.25, -0.2) is 4.98 Å². The highest BCUT2D eigenvalue weighted by atomic mass is 32.1. The summed E-state index contributed by atoms with van der Waals surface area (Å²) >= 11 is 1.61.